The third-order valence-electron chi connectivity index (χ3n) is 2.30. The predicted octanol–water partition coefficient (Wildman–Crippen LogP) is 1.72. The van der Waals surface area contributed by atoms with Crippen LogP contribution in [0.25, 0.3) is 0 Å². The van der Waals surface area contributed by atoms with Crippen molar-refractivity contribution < 1.29 is 13.7 Å². The minimum absolute atomic E-state index is 0.470. The summed E-state index contributed by atoms with van der Waals surface area (Å²) < 4.78 is 21.8. The molecular formula is C13H17NO3S. The van der Waals surface area contributed by atoms with E-state index in [1.807, 2.05) is 6.07 Å². The van der Waals surface area contributed by atoms with Crippen LogP contribution in [0.3, 0.4) is 0 Å². The van der Waals surface area contributed by atoms with Gasteiger partial charge in [-0.15, -0.1) is 0 Å². The molecule has 0 saturated carbocycles. The van der Waals surface area contributed by atoms with Crippen molar-refractivity contribution in [2.24, 2.45) is 0 Å². The van der Waals surface area contributed by atoms with Gasteiger partial charge in [-0.1, -0.05) is 12.1 Å². The maximum Gasteiger partial charge on any atom is 0.137 e. The summed E-state index contributed by atoms with van der Waals surface area (Å²) in [6, 6.07) is 9.17. The lowest BCUT2D eigenvalue weighted by Gasteiger charge is -2.07. The summed E-state index contributed by atoms with van der Waals surface area (Å²) in [6.45, 7) is 0.988. The number of rotatable bonds is 8. The summed E-state index contributed by atoms with van der Waals surface area (Å²) in [7, 11) is 0.741. The molecular weight excluding hydrogens is 250 g/mol. The number of benzene rings is 1. The van der Waals surface area contributed by atoms with Crippen molar-refractivity contribution in [1.29, 1.82) is 5.26 Å². The smallest absolute Gasteiger partial charge is 0.137 e. The Kier molecular flexibility index (Phi) is 7.07. The summed E-state index contributed by atoms with van der Waals surface area (Å²) in [4.78, 5) is 0. The molecule has 0 aliphatic rings. The summed E-state index contributed by atoms with van der Waals surface area (Å²) in [5.41, 5.74) is 0.526. The van der Waals surface area contributed by atoms with Gasteiger partial charge in [-0.3, -0.25) is 4.21 Å². The van der Waals surface area contributed by atoms with E-state index in [9.17, 15) is 4.21 Å². The lowest BCUT2D eigenvalue weighted by Crippen LogP contribution is -2.10. The molecule has 18 heavy (non-hydrogen) atoms. The average molecular weight is 267 g/mol. The molecule has 0 bridgehead atoms. The van der Waals surface area contributed by atoms with E-state index in [4.69, 9.17) is 14.7 Å². The van der Waals surface area contributed by atoms with E-state index in [0.29, 0.717) is 42.5 Å². The van der Waals surface area contributed by atoms with Crippen LogP contribution in [0.15, 0.2) is 24.3 Å². The first-order valence-corrected chi connectivity index (χ1v) is 7.22. The molecule has 0 saturated heterocycles. The number of ether oxygens (including phenoxy) is 2. The first-order chi connectivity index (χ1) is 8.77. The molecule has 0 spiro atoms. The van der Waals surface area contributed by atoms with Gasteiger partial charge in [0.15, 0.2) is 0 Å². The SMILES string of the molecule is COCCS(=O)CCCOc1ccccc1C#N. The van der Waals surface area contributed by atoms with E-state index in [-0.39, 0.29) is 0 Å². The molecule has 5 heteroatoms. The monoisotopic (exact) mass is 267 g/mol. The third-order valence-corrected chi connectivity index (χ3v) is 3.66. The number of methoxy groups -OCH3 is 1. The van der Waals surface area contributed by atoms with Crippen LogP contribution in [-0.2, 0) is 15.5 Å². The topological polar surface area (TPSA) is 59.3 Å². The molecule has 0 aromatic heterocycles. The van der Waals surface area contributed by atoms with E-state index < -0.39 is 10.8 Å². The fraction of sp³-hybridized carbons (Fsp3) is 0.462. The molecule has 0 fully saturated rings. The van der Waals surface area contributed by atoms with Gasteiger partial charge in [-0.25, -0.2) is 0 Å². The molecule has 0 aliphatic heterocycles. The summed E-state index contributed by atoms with van der Waals surface area (Å²) in [5.74, 6) is 1.74. The maximum atomic E-state index is 11.5. The second-order valence-corrected chi connectivity index (χ2v) is 5.35. The molecule has 0 aliphatic carbocycles. The number of hydrogen-bond acceptors (Lipinski definition) is 4. The van der Waals surface area contributed by atoms with Crippen molar-refractivity contribution in [3.8, 4) is 11.8 Å². The molecule has 1 aromatic rings. The fourth-order valence-electron chi connectivity index (χ4n) is 1.37. The molecule has 0 N–H and O–H groups in total. The Morgan fingerprint density at radius 1 is 1.28 bits per heavy atom. The van der Waals surface area contributed by atoms with Gasteiger partial charge >= 0.3 is 0 Å². The van der Waals surface area contributed by atoms with Crippen molar-refractivity contribution in [2.75, 3.05) is 31.8 Å². The van der Waals surface area contributed by atoms with Crippen LogP contribution in [0.2, 0.25) is 0 Å². The first-order valence-electron chi connectivity index (χ1n) is 5.73. The van der Waals surface area contributed by atoms with Crippen LogP contribution in [0.1, 0.15) is 12.0 Å². The zero-order chi connectivity index (χ0) is 13.2. The van der Waals surface area contributed by atoms with Gasteiger partial charge < -0.3 is 9.47 Å². The van der Waals surface area contributed by atoms with Gasteiger partial charge in [0, 0.05) is 29.4 Å². The van der Waals surface area contributed by atoms with Gasteiger partial charge in [0.2, 0.25) is 0 Å². The van der Waals surface area contributed by atoms with Crippen LogP contribution in [0, 0.1) is 11.3 Å². The second-order valence-electron chi connectivity index (χ2n) is 3.65. The lowest BCUT2D eigenvalue weighted by atomic mass is 10.2. The highest BCUT2D eigenvalue weighted by Crippen LogP contribution is 2.16. The van der Waals surface area contributed by atoms with Crippen LogP contribution in [0.4, 0.5) is 0 Å². The first kappa shape index (κ1) is 14.7. The summed E-state index contributed by atoms with van der Waals surface area (Å²) in [5, 5.41) is 8.87. The second kappa shape index (κ2) is 8.67. The van der Waals surface area contributed by atoms with Crippen LogP contribution in [-0.4, -0.2) is 36.0 Å². The lowest BCUT2D eigenvalue weighted by molar-refractivity contribution is 0.218. The van der Waals surface area contributed by atoms with Gasteiger partial charge in [-0.05, 0) is 18.6 Å². The summed E-state index contributed by atoms with van der Waals surface area (Å²) >= 11 is 0. The minimum Gasteiger partial charge on any atom is -0.492 e. The van der Waals surface area contributed by atoms with E-state index in [1.54, 1.807) is 25.3 Å². The van der Waals surface area contributed by atoms with Crippen molar-refractivity contribution in [3.05, 3.63) is 29.8 Å². The standard InChI is InChI=1S/C13H17NO3S/c1-16-8-10-18(15)9-4-7-17-13-6-3-2-5-12(13)11-14/h2-3,5-6H,4,7-10H2,1H3. The van der Waals surface area contributed by atoms with Crippen molar-refractivity contribution in [3.63, 3.8) is 0 Å². The van der Waals surface area contributed by atoms with Gasteiger partial charge in [-0.2, -0.15) is 5.26 Å². The van der Waals surface area contributed by atoms with Crippen molar-refractivity contribution >= 4 is 10.8 Å². The molecule has 4 nitrogen and oxygen atoms in total. The number of para-hydroxylation sites is 1. The Balaban J connectivity index is 2.26. The van der Waals surface area contributed by atoms with E-state index in [2.05, 4.69) is 6.07 Å². The van der Waals surface area contributed by atoms with Gasteiger partial charge in [0.05, 0.1) is 18.8 Å². The molecule has 98 valence electrons. The zero-order valence-corrected chi connectivity index (χ0v) is 11.2. The molecule has 0 amide bonds. The van der Waals surface area contributed by atoms with Crippen molar-refractivity contribution in [2.45, 2.75) is 6.42 Å². The number of nitrogens with zero attached hydrogens (tertiary/aromatic N) is 1. The predicted molar refractivity (Wildman–Crippen MR) is 71.0 cm³/mol. The molecule has 0 heterocycles. The largest absolute Gasteiger partial charge is 0.492 e. The minimum atomic E-state index is -0.855. The molecule has 1 aromatic carbocycles. The van der Waals surface area contributed by atoms with Crippen LogP contribution in [0.5, 0.6) is 5.75 Å². The van der Waals surface area contributed by atoms with Gasteiger partial charge in [0.1, 0.15) is 11.8 Å². The molecule has 1 unspecified atom stereocenters. The Morgan fingerprint density at radius 3 is 2.78 bits per heavy atom. The Hall–Kier alpha value is -1.38. The van der Waals surface area contributed by atoms with Gasteiger partial charge in [0.25, 0.3) is 0 Å². The Morgan fingerprint density at radius 2 is 2.06 bits per heavy atom. The maximum absolute atomic E-state index is 11.5. The number of hydrogen-bond donors (Lipinski definition) is 0. The van der Waals surface area contributed by atoms with Crippen LogP contribution >= 0.6 is 0 Å². The zero-order valence-electron chi connectivity index (χ0n) is 10.4. The van der Waals surface area contributed by atoms with Crippen LogP contribution < -0.4 is 4.74 Å². The highest BCUT2D eigenvalue weighted by Gasteiger charge is 2.03. The molecule has 1 rings (SSSR count). The Labute approximate surface area is 110 Å². The normalized spacial score (nSPS) is 11.8. The highest BCUT2D eigenvalue weighted by atomic mass is 32.2. The molecule has 0 radical (unpaired) electrons. The average Bonchev–Trinajstić information content (AvgIpc) is 2.41. The fourth-order valence-corrected chi connectivity index (χ4v) is 2.36. The summed E-state index contributed by atoms with van der Waals surface area (Å²) in [6.07, 6.45) is 0.704. The van der Waals surface area contributed by atoms with E-state index in [0.717, 1.165) is 0 Å². The quantitative estimate of drug-likeness (QED) is 0.673. The number of nitriles is 1. The Bertz CT molecular complexity index is 428. The third kappa shape index (κ3) is 5.30. The highest BCUT2D eigenvalue weighted by molar-refractivity contribution is 7.84. The molecule has 1 atom stereocenters. The van der Waals surface area contributed by atoms with E-state index in [1.165, 1.54) is 0 Å². The van der Waals surface area contributed by atoms with E-state index >= 15 is 0 Å². The van der Waals surface area contributed by atoms with Crippen molar-refractivity contribution in [1.82, 2.24) is 0 Å².